The number of nitrogens with one attached hydrogen (secondary N) is 1. The zero-order valence-corrected chi connectivity index (χ0v) is 13.4. The van der Waals surface area contributed by atoms with Crippen LogP contribution in [0.15, 0.2) is 45.5 Å². The lowest BCUT2D eigenvalue weighted by Crippen LogP contribution is -2.14. The van der Waals surface area contributed by atoms with Crippen molar-refractivity contribution in [2.45, 2.75) is 19.7 Å². The molecule has 0 atom stereocenters. The van der Waals surface area contributed by atoms with Crippen molar-refractivity contribution in [3.8, 4) is 0 Å². The summed E-state index contributed by atoms with van der Waals surface area (Å²) in [6.45, 7) is 1.52. The van der Waals surface area contributed by atoms with Gasteiger partial charge in [-0.25, -0.2) is 0 Å². The molecule has 0 spiro atoms. The second kappa shape index (κ2) is 7.14. The van der Waals surface area contributed by atoms with Crippen molar-refractivity contribution in [1.82, 2.24) is 10.3 Å². The highest BCUT2D eigenvalue weighted by atomic mass is 79.9. The molecule has 0 amide bonds. The summed E-state index contributed by atoms with van der Waals surface area (Å²) < 4.78 is 1.94. The number of hydrogen-bond acceptors (Lipinski definition) is 3. The molecule has 19 heavy (non-hydrogen) atoms. The van der Waals surface area contributed by atoms with Crippen molar-refractivity contribution in [3.05, 3.63) is 62.3 Å². The van der Waals surface area contributed by atoms with Crippen molar-refractivity contribution < 1.29 is 5.11 Å². The average Bonchev–Trinajstić information content (AvgIpc) is 2.41. The van der Waals surface area contributed by atoms with Crippen LogP contribution in [0.1, 0.15) is 16.8 Å². The first-order valence-corrected chi connectivity index (χ1v) is 7.47. The Balaban J connectivity index is 1.92. The standard InChI is InChI=1S/C14H14Br2N2O/c15-12-5-13(16)14(18-7-12)8-17-6-10-2-1-3-11(4-10)9-19/h1-5,7,17,19H,6,8-9H2. The molecule has 1 heterocycles. The smallest absolute Gasteiger partial charge is 0.0684 e. The first-order chi connectivity index (χ1) is 9.19. The van der Waals surface area contributed by atoms with Crippen LogP contribution in [0.3, 0.4) is 0 Å². The van der Waals surface area contributed by atoms with E-state index in [1.54, 1.807) is 6.20 Å². The Kier molecular flexibility index (Phi) is 5.51. The molecule has 0 aliphatic heterocycles. The Hall–Kier alpha value is -0.750. The van der Waals surface area contributed by atoms with E-state index in [0.29, 0.717) is 6.54 Å². The summed E-state index contributed by atoms with van der Waals surface area (Å²) in [6.07, 6.45) is 1.79. The quantitative estimate of drug-likeness (QED) is 0.829. The zero-order chi connectivity index (χ0) is 13.7. The van der Waals surface area contributed by atoms with Gasteiger partial charge < -0.3 is 10.4 Å². The second-order valence-electron chi connectivity index (χ2n) is 4.16. The van der Waals surface area contributed by atoms with E-state index < -0.39 is 0 Å². The molecule has 0 fully saturated rings. The summed E-state index contributed by atoms with van der Waals surface area (Å²) in [5.41, 5.74) is 3.06. The van der Waals surface area contributed by atoms with Crippen LogP contribution in [-0.2, 0) is 19.7 Å². The summed E-state index contributed by atoms with van der Waals surface area (Å²) in [6, 6.07) is 9.89. The highest BCUT2D eigenvalue weighted by molar-refractivity contribution is 9.11. The molecule has 1 aromatic heterocycles. The van der Waals surface area contributed by atoms with E-state index >= 15 is 0 Å². The molecule has 5 heteroatoms. The van der Waals surface area contributed by atoms with Gasteiger partial charge in [-0.05, 0) is 49.1 Å². The van der Waals surface area contributed by atoms with Crippen LogP contribution < -0.4 is 5.32 Å². The van der Waals surface area contributed by atoms with Gasteiger partial charge in [0.05, 0.1) is 12.3 Å². The number of halogens is 2. The molecule has 0 aliphatic carbocycles. The van der Waals surface area contributed by atoms with E-state index in [1.165, 1.54) is 0 Å². The number of rotatable bonds is 5. The number of hydrogen-bond donors (Lipinski definition) is 2. The zero-order valence-electron chi connectivity index (χ0n) is 10.2. The molecule has 100 valence electrons. The predicted molar refractivity (Wildman–Crippen MR) is 82.5 cm³/mol. The monoisotopic (exact) mass is 384 g/mol. The lowest BCUT2D eigenvalue weighted by atomic mass is 10.1. The van der Waals surface area contributed by atoms with Gasteiger partial charge in [-0.2, -0.15) is 0 Å². The lowest BCUT2D eigenvalue weighted by molar-refractivity contribution is 0.281. The highest BCUT2D eigenvalue weighted by Crippen LogP contribution is 2.19. The van der Waals surface area contributed by atoms with Gasteiger partial charge in [-0.1, -0.05) is 24.3 Å². The van der Waals surface area contributed by atoms with E-state index in [0.717, 1.165) is 32.3 Å². The number of aliphatic hydroxyl groups is 1. The van der Waals surface area contributed by atoms with Gasteiger partial charge in [0.25, 0.3) is 0 Å². The topological polar surface area (TPSA) is 45.1 Å². The van der Waals surface area contributed by atoms with Crippen molar-refractivity contribution >= 4 is 31.9 Å². The van der Waals surface area contributed by atoms with Crippen molar-refractivity contribution in [2.75, 3.05) is 0 Å². The Morgan fingerprint density at radius 3 is 2.63 bits per heavy atom. The van der Waals surface area contributed by atoms with E-state index in [-0.39, 0.29) is 6.61 Å². The Morgan fingerprint density at radius 2 is 1.89 bits per heavy atom. The number of aliphatic hydroxyl groups excluding tert-OH is 1. The van der Waals surface area contributed by atoms with Crippen LogP contribution in [0.5, 0.6) is 0 Å². The van der Waals surface area contributed by atoms with Crippen LogP contribution in [0.2, 0.25) is 0 Å². The van der Waals surface area contributed by atoms with Crippen LogP contribution in [0.4, 0.5) is 0 Å². The van der Waals surface area contributed by atoms with Gasteiger partial charge in [0.15, 0.2) is 0 Å². The minimum absolute atomic E-state index is 0.0770. The summed E-state index contributed by atoms with van der Waals surface area (Å²) in [4.78, 5) is 4.35. The fraction of sp³-hybridized carbons (Fsp3) is 0.214. The normalized spacial score (nSPS) is 10.7. The number of benzene rings is 1. The SMILES string of the molecule is OCc1cccc(CNCc2ncc(Br)cc2Br)c1. The Bertz CT molecular complexity index is 561. The van der Waals surface area contributed by atoms with Gasteiger partial charge >= 0.3 is 0 Å². The third-order valence-corrected chi connectivity index (χ3v) is 3.80. The van der Waals surface area contributed by atoms with Crippen LogP contribution >= 0.6 is 31.9 Å². The van der Waals surface area contributed by atoms with Crippen LogP contribution in [0, 0.1) is 0 Å². The maximum Gasteiger partial charge on any atom is 0.0684 e. The maximum atomic E-state index is 9.09. The Labute approximate surface area is 129 Å². The molecular formula is C14H14Br2N2O. The summed E-state index contributed by atoms with van der Waals surface area (Å²) in [5, 5.41) is 12.4. The van der Waals surface area contributed by atoms with Crippen molar-refractivity contribution in [1.29, 1.82) is 0 Å². The molecule has 0 aliphatic rings. The summed E-state index contributed by atoms with van der Waals surface area (Å²) >= 11 is 6.87. The molecule has 2 aromatic rings. The van der Waals surface area contributed by atoms with Crippen molar-refractivity contribution in [2.24, 2.45) is 0 Å². The first-order valence-electron chi connectivity index (χ1n) is 5.88. The fourth-order valence-electron chi connectivity index (χ4n) is 1.74. The molecule has 0 bridgehead atoms. The fourth-order valence-corrected chi connectivity index (χ4v) is 2.86. The third kappa shape index (κ3) is 4.38. The van der Waals surface area contributed by atoms with E-state index in [9.17, 15) is 0 Å². The Morgan fingerprint density at radius 1 is 1.11 bits per heavy atom. The molecule has 2 rings (SSSR count). The first kappa shape index (κ1) is 14.7. The van der Waals surface area contributed by atoms with Crippen LogP contribution in [0.25, 0.3) is 0 Å². The molecule has 0 saturated heterocycles. The van der Waals surface area contributed by atoms with E-state index in [1.807, 2.05) is 30.3 Å². The van der Waals surface area contributed by atoms with Gasteiger partial charge in [0.1, 0.15) is 0 Å². The molecular weight excluding hydrogens is 372 g/mol. The van der Waals surface area contributed by atoms with Gasteiger partial charge in [0, 0.05) is 28.2 Å². The molecule has 0 unspecified atom stereocenters. The molecule has 3 nitrogen and oxygen atoms in total. The second-order valence-corrected chi connectivity index (χ2v) is 5.93. The molecule has 0 saturated carbocycles. The van der Waals surface area contributed by atoms with Gasteiger partial charge in [0.2, 0.25) is 0 Å². The van der Waals surface area contributed by atoms with Crippen LogP contribution in [-0.4, -0.2) is 10.1 Å². The minimum Gasteiger partial charge on any atom is -0.392 e. The molecule has 1 aromatic carbocycles. The predicted octanol–water partition coefficient (Wildman–Crippen LogP) is 3.39. The average molecular weight is 386 g/mol. The van der Waals surface area contributed by atoms with E-state index in [2.05, 4.69) is 42.2 Å². The van der Waals surface area contributed by atoms with Gasteiger partial charge in [-0.15, -0.1) is 0 Å². The maximum absolute atomic E-state index is 9.09. The third-order valence-electron chi connectivity index (χ3n) is 2.68. The largest absolute Gasteiger partial charge is 0.392 e. The number of aromatic nitrogens is 1. The van der Waals surface area contributed by atoms with E-state index in [4.69, 9.17) is 5.11 Å². The summed E-state index contributed by atoms with van der Waals surface area (Å²) in [5.74, 6) is 0. The highest BCUT2D eigenvalue weighted by Gasteiger charge is 2.02. The number of pyridine rings is 1. The lowest BCUT2D eigenvalue weighted by Gasteiger charge is -2.07. The van der Waals surface area contributed by atoms with Crippen molar-refractivity contribution in [3.63, 3.8) is 0 Å². The summed E-state index contributed by atoms with van der Waals surface area (Å²) in [7, 11) is 0. The number of nitrogens with zero attached hydrogens (tertiary/aromatic N) is 1. The minimum atomic E-state index is 0.0770. The van der Waals surface area contributed by atoms with Gasteiger partial charge in [-0.3, -0.25) is 4.98 Å². The molecule has 2 N–H and O–H groups in total. The molecule has 0 radical (unpaired) electrons.